The summed E-state index contributed by atoms with van der Waals surface area (Å²) in [5.41, 5.74) is -0.0249. The molecule has 4 fully saturated rings. The van der Waals surface area contributed by atoms with E-state index in [9.17, 15) is 4.79 Å². The van der Waals surface area contributed by atoms with Crippen molar-refractivity contribution in [2.24, 2.45) is 11.3 Å². The zero-order chi connectivity index (χ0) is 10.1. The van der Waals surface area contributed by atoms with Gasteiger partial charge >= 0.3 is 0 Å². The fraction of sp³-hybridized carbons (Fsp3) is 0.923. The molecule has 82 valence electrons. The molecule has 2 spiro atoms. The van der Waals surface area contributed by atoms with Crippen molar-refractivity contribution in [1.82, 2.24) is 0 Å². The number of carbonyl (C=O) groups excluding carboxylic acids is 1. The van der Waals surface area contributed by atoms with Crippen molar-refractivity contribution >= 4 is 5.78 Å². The summed E-state index contributed by atoms with van der Waals surface area (Å²) in [4.78, 5) is 12.5. The molecule has 2 heteroatoms. The Balaban J connectivity index is 1.90. The Morgan fingerprint density at radius 3 is 2.87 bits per heavy atom. The number of hydrogen-bond donors (Lipinski definition) is 0. The second kappa shape index (κ2) is 2.48. The summed E-state index contributed by atoms with van der Waals surface area (Å²) in [6, 6.07) is 0. The monoisotopic (exact) mass is 206 g/mol. The minimum atomic E-state index is -0.0249. The fourth-order valence-corrected chi connectivity index (χ4v) is 4.97. The van der Waals surface area contributed by atoms with E-state index in [2.05, 4.69) is 0 Å². The molecule has 0 aromatic heterocycles. The molecule has 0 radical (unpaired) electrons. The summed E-state index contributed by atoms with van der Waals surface area (Å²) in [6.45, 7) is 0. The highest BCUT2D eigenvalue weighted by Gasteiger charge is 2.69. The van der Waals surface area contributed by atoms with Gasteiger partial charge in [-0.2, -0.15) is 0 Å². The van der Waals surface area contributed by atoms with E-state index in [0.717, 1.165) is 32.1 Å². The first kappa shape index (κ1) is 8.74. The Kier molecular flexibility index (Phi) is 1.44. The molecule has 2 nitrogen and oxygen atoms in total. The minimum absolute atomic E-state index is 0. The Labute approximate surface area is 90.4 Å². The summed E-state index contributed by atoms with van der Waals surface area (Å²) in [7, 11) is 0. The molecule has 2 saturated carbocycles. The molecule has 0 aromatic rings. The van der Waals surface area contributed by atoms with Crippen LogP contribution in [0.25, 0.3) is 0 Å². The largest absolute Gasteiger partial charge is 0.370 e. The average Bonchev–Trinajstić information content (AvgIpc) is 2.70. The van der Waals surface area contributed by atoms with Crippen molar-refractivity contribution in [2.75, 3.05) is 0 Å². The number of carbonyl (C=O) groups is 1. The van der Waals surface area contributed by atoms with Crippen LogP contribution >= 0.6 is 0 Å². The van der Waals surface area contributed by atoms with Crippen molar-refractivity contribution < 1.29 is 9.53 Å². The molecular formula is C13H18O2. The Morgan fingerprint density at radius 2 is 1.93 bits per heavy atom. The smallest absolute Gasteiger partial charge is 0.147 e. The molecule has 0 N–H and O–H groups in total. The van der Waals surface area contributed by atoms with Gasteiger partial charge in [0.05, 0.1) is 17.1 Å². The van der Waals surface area contributed by atoms with E-state index < -0.39 is 0 Å². The Bertz CT molecular complexity index is 329. The second-order valence-electron chi connectivity index (χ2n) is 5.99. The molecule has 0 unspecified atom stereocenters. The highest BCUT2D eigenvalue weighted by Crippen LogP contribution is 2.65. The molecule has 2 heterocycles. The predicted octanol–water partition coefficient (Wildman–Crippen LogP) is 2.46. The van der Waals surface area contributed by atoms with E-state index in [1.165, 1.54) is 19.3 Å². The highest BCUT2D eigenvalue weighted by atomic mass is 16.5. The van der Waals surface area contributed by atoms with Crippen LogP contribution in [0.3, 0.4) is 0 Å². The summed E-state index contributed by atoms with van der Waals surface area (Å²) in [5.74, 6) is 0.870. The first-order valence-corrected chi connectivity index (χ1v) is 6.50. The third-order valence-corrected chi connectivity index (χ3v) is 5.66. The van der Waals surface area contributed by atoms with Crippen molar-refractivity contribution in [2.45, 2.75) is 63.1 Å². The van der Waals surface area contributed by atoms with Crippen LogP contribution in [-0.4, -0.2) is 17.5 Å². The minimum Gasteiger partial charge on any atom is -0.370 e. The van der Waals surface area contributed by atoms with Gasteiger partial charge in [0.15, 0.2) is 0 Å². The fourth-order valence-electron chi connectivity index (χ4n) is 4.97. The van der Waals surface area contributed by atoms with Crippen LogP contribution < -0.4 is 0 Å². The van der Waals surface area contributed by atoms with Crippen molar-refractivity contribution in [3.05, 3.63) is 0 Å². The predicted molar refractivity (Wildman–Crippen MR) is 55.5 cm³/mol. The Hall–Kier alpha value is -0.370. The average molecular weight is 206 g/mol. The second-order valence-corrected chi connectivity index (χ2v) is 5.99. The molecule has 2 aliphatic carbocycles. The van der Waals surface area contributed by atoms with Crippen molar-refractivity contribution in [3.8, 4) is 0 Å². The zero-order valence-corrected chi connectivity index (χ0v) is 9.13. The lowest BCUT2D eigenvalue weighted by molar-refractivity contribution is -0.189. The van der Waals surface area contributed by atoms with E-state index in [0.29, 0.717) is 11.9 Å². The van der Waals surface area contributed by atoms with Crippen LogP contribution in [0.1, 0.15) is 51.4 Å². The molecular weight excluding hydrogens is 188 g/mol. The van der Waals surface area contributed by atoms with Crippen LogP contribution in [0.15, 0.2) is 0 Å². The van der Waals surface area contributed by atoms with E-state index in [1.807, 2.05) is 0 Å². The first-order chi connectivity index (χ1) is 7.28. The summed E-state index contributed by atoms with van der Waals surface area (Å²) >= 11 is 0. The van der Waals surface area contributed by atoms with Gasteiger partial charge in [-0.25, -0.2) is 0 Å². The Morgan fingerprint density at radius 1 is 1.07 bits per heavy atom. The van der Waals surface area contributed by atoms with Crippen LogP contribution in [0.2, 0.25) is 0 Å². The molecule has 0 amide bonds. The van der Waals surface area contributed by atoms with Gasteiger partial charge in [-0.1, -0.05) is 12.8 Å². The van der Waals surface area contributed by atoms with Gasteiger partial charge < -0.3 is 4.74 Å². The summed E-state index contributed by atoms with van der Waals surface area (Å²) < 4.78 is 6.32. The third kappa shape index (κ3) is 0.780. The van der Waals surface area contributed by atoms with E-state index in [1.54, 1.807) is 0 Å². The van der Waals surface area contributed by atoms with Gasteiger partial charge in [-0.3, -0.25) is 4.79 Å². The maximum absolute atomic E-state index is 12.5. The molecule has 4 bridgehead atoms. The number of fused-ring (bicyclic) bond motifs is 3. The number of ether oxygens (including phenoxy) is 1. The van der Waals surface area contributed by atoms with Gasteiger partial charge in [-0.15, -0.1) is 0 Å². The van der Waals surface area contributed by atoms with Crippen molar-refractivity contribution in [1.29, 1.82) is 0 Å². The zero-order valence-electron chi connectivity index (χ0n) is 9.13. The summed E-state index contributed by atoms with van der Waals surface area (Å²) in [6.07, 6.45) is 9.65. The summed E-state index contributed by atoms with van der Waals surface area (Å²) in [5, 5.41) is 0. The lowest BCUT2D eigenvalue weighted by Crippen LogP contribution is -2.57. The lowest BCUT2D eigenvalue weighted by atomic mass is 9.60. The number of hydrogen-bond acceptors (Lipinski definition) is 2. The molecule has 2 aliphatic heterocycles. The first-order valence-electron chi connectivity index (χ1n) is 6.50. The standard InChI is InChI=1S/C13H18O2/c14-11-9-3-7-12(11)5-1-2-6-13(12)8-4-10(9)15-13/h9-10H,1-8H2/t9-,10-,12-,13+/m1/s1. The number of Topliss-reactive ketones (excluding diaryl/α,β-unsaturated/α-hetero) is 1. The van der Waals surface area contributed by atoms with E-state index in [-0.39, 0.29) is 16.9 Å². The van der Waals surface area contributed by atoms with Gasteiger partial charge in [0.1, 0.15) is 5.78 Å². The molecule has 2 saturated heterocycles. The normalized spacial score (nSPS) is 56.9. The number of rotatable bonds is 0. The molecule has 15 heavy (non-hydrogen) atoms. The van der Waals surface area contributed by atoms with Crippen LogP contribution in [0.4, 0.5) is 0 Å². The maximum Gasteiger partial charge on any atom is 0.147 e. The topological polar surface area (TPSA) is 26.3 Å². The highest BCUT2D eigenvalue weighted by molar-refractivity contribution is 5.92. The van der Waals surface area contributed by atoms with Crippen molar-refractivity contribution in [3.63, 3.8) is 0 Å². The maximum atomic E-state index is 12.5. The van der Waals surface area contributed by atoms with Gasteiger partial charge in [0.25, 0.3) is 0 Å². The van der Waals surface area contributed by atoms with Crippen LogP contribution in [0.5, 0.6) is 0 Å². The molecule has 4 rings (SSSR count). The van der Waals surface area contributed by atoms with E-state index in [4.69, 9.17) is 4.74 Å². The SMILES string of the molecule is O=C1[C@@H]2CC[C@]13CCCC[C@]31CC[C@H]2O1. The lowest BCUT2D eigenvalue weighted by Gasteiger charge is -2.50. The van der Waals surface area contributed by atoms with Gasteiger partial charge in [0.2, 0.25) is 0 Å². The third-order valence-electron chi connectivity index (χ3n) is 5.66. The van der Waals surface area contributed by atoms with Crippen LogP contribution in [0, 0.1) is 11.3 Å². The van der Waals surface area contributed by atoms with Gasteiger partial charge in [0, 0.05) is 5.92 Å². The molecule has 4 aliphatic rings. The van der Waals surface area contributed by atoms with E-state index >= 15 is 0 Å². The molecule has 0 aromatic carbocycles. The van der Waals surface area contributed by atoms with Gasteiger partial charge in [-0.05, 0) is 38.5 Å². The molecule has 4 atom stereocenters. The van der Waals surface area contributed by atoms with Crippen LogP contribution in [-0.2, 0) is 9.53 Å². The number of ketones is 1. The quantitative estimate of drug-likeness (QED) is 0.608.